The molecule has 0 heterocycles. The van der Waals surface area contributed by atoms with Crippen LogP contribution >= 0.6 is 23.8 Å². The van der Waals surface area contributed by atoms with Crippen LogP contribution in [0.15, 0.2) is 42.5 Å². The molecule has 2 nitrogen and oxygen atoms in total. The lowest BCUT2D eigenvalue weighted by Crippen LogP contribution is -2.11. The second-order valence-electron chi connectivity index (χ2n) is 4.45. The molecular weight excluding hydrogens is 295 g/mol. The Balaban J connectivity index is 2.22. The molecule has 2 aromatic carbocycles. The lowest BCUT2D eigenvalue weighted by atomic mass is 10.1. The Morgan fingerprint density at radius 2 is 2.00 bits per heavy atom. The van der Waals surface area contributed by atoms with Crippen molar-refractivity contribution in [1.29, 1.82) is 0 Å². The number of thiocarbonyl (C=S) groups is 1. The molecule has 0 aliphatic rings. The average Bonchev–Trinajstić information content (AvgIpc) is 2.41. The van der Waals surface area contributed by atoms with E-state index in [0.29, 0.717) is 26.8 Å². The second kappa shape index (κ2) is 6.20. The largest absolute Gasteiger partial charge is 0.389 e. The number of hydrogen-bond donors (Lipinski definition) is 2. The minimum atomic E-state index is -0.247. The molecule has 1 unspecified atom stereocenters. The van der Waals surface area contributed by atoms with Crippen LogP contribution in [0.25, 0.3) is 0 Å². The van der Waals surface area contributed by atoms with Gasteiger partial charge in [-0.25, -0.2) is 4.39 Å². The number of nitrogens with one attached hydrogen (secondary N) is 1. The molecule has 0 radical (unpaired) electrons. The van der Waals surface area contributed by atoms with Crippen molar-refractivity contribution in [2.45, 2.75) is 13.0 Å². The predicted octanol–water partition coefficient (Wildman–Crippen LogP) is 4.29. The summed E-state index contributed by atoms with van der Waals surface area (Å²) in [4.78, 5) is 0.292. The van der Waals surface area contributed by atoms with Crippen molar-refractivity contribution in [2.75, 3.05) is 5.32 Å². The van der Waals surface area contributed by atoms with Gasteiger partial charge in [0, 0.05) is 11.1 Å². The summed E-state index contributed by atoms with van der Waals surface area (Å²) in [6, 6.07) is 11.7. The fraction of sp³-hybridized carbons (Fsp3) is 0.133. The number of halogens is 2. The standard InChI is InChI=1S/C15H14ClFN2S/c1-9(11-4-2-3-5-13(11)17)19-14-7-6-10(15(18)20)8-12(14)16/h2-9,19H,1H3,(H2,18,20). The predicted molar refractivity (Wildman–Crippen MR) is 85.8 cm³/mol. The highest BCUT2D eigenvalue weighted by atomic mass is 35.5. The van der Waals surface area contributed by atoms with Gasteiger partial charge in [-0.3, -0.25) is 0 Å². The first-order valence-electron chi connectivity index (χ1n) is 6.09. The van der Waals surface area contributed by atoms with Crippen molar-refractivity contribution in [3.05, 3.63) is 64.4 Å². The molecule has 0 saturated carbocycles. The van der Waals surface area contributed by atoms with Gasteiger partial charge in [0.05, 0.1) is 16.8 Å². The quantitative estimate of drug-likeness (QED) is 0.828. The van der Waals surface area contributed by atoms with E-state index in [2.05, 4.69) is 5.32 Å². The van der Waals surface area contributed by atoms with E-state index in [1.165, 1.54) is 6.07 Å². The van der Waals surface area contributed by atoms with E-state index < -0.39 is 0 Å². The highest BCUT2D eigenvalue weighted by Crippen LogP contribution is 2.28. The first-order chi connectivity index (χ1) is 9.49. The Kier molecular flexibility index (Phi) is 4.57. The van der Waals surface area contributed by atoms with Crippen molar-refractivity contribution >= 4 is 34.5 Å². The van der Waals surface area contributed by atoms with Gasteiger partial charge in [0.1, 0.15) is 10.8 Å². The third-order valence-electron chi connectivity index (χ3n) is 3.00. The van der Waals surface area contributed by atoms with Gasteiger partial charge < -0.3 is 11.1 Å². The van der Waals surface area contributed by atoms with Crippen molar-refractivity contribution in [3.63, 3.8) is 0 Å². The Bertz CT molecular complexity index is 646. The van der Waals surface area contributed by atoms with Gasteiger partial charge in [0.15, 0.2) is 0 Å². The summed E-state index contributed by atoms with van der Waals surface area (Å²) in [7, 11) is 0. The molecule has 0 aliphatic carbocycles. The molecule has 0 saturated heterocycles. The van der Waals surface area contributed by atoms with E-state index in [4.69, 9.17) is 29.6 Å². The lowest BCUT2D eigenvalue weighted by molar-refractivity contribution is 0.600. The Labute approximate surface area is 127 Å². The monoisotopic (exact) mass is 308 g/mol. The molecule has 20 heavy (non-hydrogen) atoms. The normalized spacial score (nSPS) is 11.9. The zero-order valence-electron chi connectivity index (χ0n) is 10.9. The molecule has 104 valence electrons. The number of hydrogen-bond acceptors (Lipinski definition) is 2. The van der Waals surface area contributed by atoms with Gasteiger partial charge in [-0.2, -0.15) is 0 Å². The maximum absolute atomic E-state index is 13.7. The van der Waals surface area contributed by atoms with Crippen LogP contribution in [-0.4, -0.2) is 4.99 Å². The molecule has 0 aliphatic heterocycles. The summed E-state index contributed by atoms with van der Waals surface area (Å²) >= 11 is 11.1. The molecule has 2 aromatic rings. The molecule has 0 bridgehead atoms. The van der Waals surface area contributed by atoms with Gasteiger partial charge in [-0.1, -0.05) is 42.0 Å². The van der Waals surface area contributed by atoms with Crippen LogP contribution in [0.2, 0.25) is 5.02 Å². The van der Waals surface area contributed by atoms with Crippen LogP contribution < -0.4 is 11.1 Å². The van der Waals surface area contributed by atoms with E-state index in [-0.39, 0.29) is 11.9 Å². The van der Waals surface area contributed by atoms with E-state index >= 15 is 0 Å². The van der Waals surface area contributed by atoms with E-state index in [9.17, 15) is 4.39 Å². The molecule has 1 atom stereocenters. The topological polar surface area (TPSA) is 38.0 Å². The number of anilines is 1. The van der Waals surface area contributed by atoms with Crippen LogP contribution in [0.5, 0.6) is 0 Å². The second-order valence-corrected chi connectivity index (χ2v) is 5.29. The molecule has 0 spiro atoms. The zero-order chi connectivity index (χ0) is 14.7. The molecular formula is C15H14ClFN2S. The SMILES string of the molecule is CC(Nc1ccc(C(N)=S)cc1Cl)c1ccccc1F. The van der Waals surface area contributed by atoms with Crippen molar-refractivity contribution in [2.24, 2.45) is 5.73 Å². The van der Waals surface area contributed by atoms with Gasteiger partial charge in [0.25, 0.3) is 0 Å². The first-order valence-corrected chi connectivity index (χ1v) is 6.88. The molecule has 3 N–H and O–H groups in total. The maximum atomic E-state index is 13.7. The summed E-state index contributed by atoms with van der Waals surface area (Å²) in [6.45, 7) is 1.87. The van der Waals surface area contributed by atoms with Crippen molar-refractivity contribution < 1.29 is 4.39 Å². The molecule has 0 fully saturated rings. The first kappa shape index (κ1) is 14.8. The van der Waals surface area contributed by atoms with Gasteiger partial charge in [0.2, 0.25) is 0 Å². The fourth-order valence-corrected chi connectivity index (χ4v) is 2.28. The average molecular weight is 309 g/mol. The van der Waals surface area contributed by atoms with Crippen LogP contribution in [0, 0.1) is 5.82 Å². The van der Waals surface area contributed by atoms with Crippen LogP contribution in [0.1, 0.15) is 24.1 Å². The molecule has 0 aromatic heterocycles. The van der Waals surface area contributed by atoms with Crippen molar-refractivity contribution in [3.8, 4) is 0 Å². The van der Waals surface area contributed by atoms with Crippen molar-refractivity contribution in [1.82, 2.24) is 0 Å². The van der Waals surface area contributed by atoms with Crippen LogP contribution in [0.3, 0.4) is 0 Å². The Morgan fingerprint density at radius 3 is 2.60 bits per heavy atom. The molecule has 2 rings (SSSR count). The summed E-state index contributed by atoms with van der Waals surface area (Å²) < 4.78 is 13.7. The minimum Gasteiger partial charge on any atom is -0.389 e. The van der Waals surface area contributed by atoms with E-state index in [1.54, 1.807) is 36.4 Å². The Hall–Kier alpha value is -1.65. The van der Waals surface area contributed by atoms with Crippen LogP contribution in [-0.2, 0) is 0 Å². The maximum Gasteiger partial charge on any atom is 0.128 e. The third kappa shape index (κ3) is 3.26. The van der Waals surface area contributed by atoms with Crippen LogP contribution in [0.4, 0.5) is 10.1 Å². The highest BCUT2D eigenvalue weighted by Gasteiger charge is 2.12. The van der Waals surface area contributed by atoms with E-state index in [0.717, 1.165) is 0 Å². The summed E-state index contributed by atoms with van der Waals surface area (Å²) in [5.41, 5.74) is 7.55. The minimum absolute atomic E-state index is 0.204. The summed E-state index contributed by atoms with van der Waals surface area (Å²) in [5.74, 6) is -0.247. The summed E-state index contributed by atoms with van der Waals surface area (Å²) in [5, 5.41) is 3.68. The fourth-order valence-electron chi connectivity index (χ4n) is 1.92. The number of benzene rings is 2. The third-order valence-corrected chi connectivity index (χ3v) is 3.55. The van der Waals surface area contributed by atoms with Gasteiger partial charge in [-0.15, -0.1) is 0 Å². The number of nitrogens with two attached hydrogens (primary N) is 1. The molecule has 5 heteroatoms. The summed E-state index contributed by atoms with van der Waals surface area (Å²) in [6.07, 6.45) is 0. The number of rotatable bonds is 4. The Morgan fingerprint density at radius 1 is 1.30 bits per heavy atom. The highest BCUT2D eigenvalue weighted by molar-refractivity contribution is 7.80. The lowest BCUT2D eigenvalue weighted by Gasteiger charge is -2.17. The molecule has 0 amide bonds. The smallest absolute Gasteiger partial charge is 0.128 e. The zero-order valence-corrected chi connectivity index (χ0v) is 12.4. The van der Waals surface area contributed by atoms with E-state index in [1.807, 2.05) is 6.92 Å². The van der Waals surface area contributed by atoms with Gasteiger partial charge in [-0.05, 0) is 31.2 Å². The van der Waals surface area contributed by atoms with Gasteiger partial charge >= 0.3 is 0 Å².